The fraction of sp³-hybridized carbons (Fsp3) is 0.375. The number of benzene rings is 1. The smallest absolute Gasteiger partial charge is 0.242 e. The van der Waals surface area contributed by atoms with Gasteiger partial charge >= 0.3 is 0 Å². The van der Waals surface area contributed by atoms with Crippen molar-refractivity contribution in [3.05, 3.63) is 53.3 Å². The summed E-state index contributed by atoms with van der Waals surface area (Å²) in [6, 6.07) is 7.80. The van der Waals surface area contributed by atoms with E-state index in [9.17, 15) is 8.42 Å². The molecule has 2 rings (SSSR count). The van der Waals surface area contributed by atoms with Gasteiger partial charge in [0.25, 0.3) is 0 Å². The van der Waals surface area contributed by atoms with Crippen LogP contribution in [0.3, 0.4) is 0 Å². The summed E-state index contributed by atoms with van der Waals surface area (Å²) in [5.74, 6) is 0. The SMILES string of the molecule is Cc1cccc(C)c1CNCCNS(=O)(=O)c1ccn(C)c1. The molecule has 0 radical (unpaired) electrons. The maximum absolute atomic E-state index is 12.0. The van der Waals surface area contributed by atoms with Crippen LogP contribution in [-0.4, -0.2) is 26.1 Å². The maximum atomic E-state index is 12.0. The number of aromatic nitrogens is 1. The van der Waals surface area contributed by atoms with Crippen LogP contribution < -0.4 is 10.0 Å². The Kier molecular flexibility index (Phi) is 5.39. The predicted octanol–water partition coefficient (Wildman–Crippen LogP) is 1.71. The number of hydrogen-bond acceptors (Lipinski definition) is 3. The highest BCUT2D eigenvalue weighted by molar-refractivity contribution is 7.89. The summed E-state index contributed by atoms with van der Waals surface area (Å²) >= 11 is 0. The van der Waals surface area contributed by atoms with Crippen LogP contribution in [0.1, 0.15) is 16.7 Å². The molecule has 2 aromatic rings. The highest BCUT2D eigenvalue weighted by Crippen LogP contribution is 2.12. The molecule has 0 unspecified atom stereocenters. The molecule has 22 heavy (non-hydrogen) atoms. The van der Waals surface area contributed by atoms with Gasteiger partial charge in [-0.25, -0.2) is 13.1 Å². The number of sulfonamides is 1. The summed E-state index contributed by atoms with van der Waals surface area (Å²) in [6.45, 7) is 5.86. The number of hydrogen-bond donors (Lipinski definition) is 2. The zero-order valence-electron chi connectivity index (χ0n) is 13.3. The predicted molar refractivity (Wildman–Crippen MR) is 88.2 cm³/mol. The minimum absolute atomic E-state index is 0.296. The summed E-state index contributed by atoms with van der Waals surface area (Å²) in [7, 11) is -1.61. The molecular weight excluding hydrogens is 298 g/mol. The molecular formula is C16H23N3O2S. The van der Waals surface area contributed by atoms with Crippen molar-refractivity contribution in [2.45, 2.75) is 25.3 Å². The monoisotopic (exact) mass is 321 g/mol. The summed E-state index contributed by atoms with van der Waals surface area (Å²) in [5, 5.41) is 3.28. The van der Waals surface area contributed by atoms with E-state index in [4.69, 9.17) is 0 Å². The molecule has 0 aliphatic heterocycles. The second kappa shape index (κ2) is 7.09. The van der Waals surface area contributed by atoms with Gasteiger partial charge < -0.3 is 9.88 Å². The zero-order valence-corrected chi connectivity index (χ0v) is 14.1. The Hall–Kier alpha value is -1.63. The first-order valence-electron chi connectivity index (χ1n) is 7.27. The van der Waals surface area contributed by atoms with Gasteiger partial charge in [0.15, 0.2) is 0 Å². The summed E-state index contributed by atoms with van der Waals surface area (Å²) < 4.78 is 28.4. The molecule has 0 amide bonds. The van der Waals surface area contributed by atoms with Gasteiger partial charge in [-0.05, 0) is 36.6 Å². The third kappa shape index (κ3) is 4.19. The lowest BCUT2D eigenvalue weighted by atomic mass is 10.0. The lowest BCUT2D eigenvalue weighted by Crippen LogP contribution is -2.31. The van der Waals surface area contributed by atoms with E-state index in [1.807, 2.05) is 6.07 Å². The van der Waals surface area contributed by atoms with Gasteiger partial charge in [0, 0.05) is 39.1 Å². The first-order chi connectivity index (χ1) is 10.4. The van der Waals surface area contributed by atoms with E-state index in [2.05, 4.69) is 36.0 Å². The van der Waals surface area contributed by atoms with Gasteiger partial charge in [0.1, 0.15) is 0 Å². The Morgan fingerprint density at radius 2 is 1.77 bits per heavy atom. The van der Waals surface area contributed by atoms with Crippen molar-refractivity contribution in [2.24, 2.45) is 7.05 Å². The molecule has 2 N–H and O–H groups in total. The molecule has 0 fully saturated rings. The lowest BCUT2D eigenvalue weighted by molar-refractivity contribution is 0.575. The molecule has 0 spiro atoms. The van der Waals surface area contributed by atoms with Crippen molar-refractivity contribution in [1.29, 1.82) is 0 Å². The molecule has 6 heteroatoms. The largest absolute Gasteiger partial charge is 0.356 e. The van der Waals surface area contributed by atoms with Crippen LogP contribution >= 0.6 is 0 Å². The van der Waals surface area contributed by atoms with E-state index in [1.54, 1.807) is 30.1 Å². The van der Waals surface area contributed by atoms with Crippen LogP contribution in [0.15, 0.2) is 41.6 Å². The van der Waals surface area contributed by atoms with Crippen LogP contribution in [0.4, 0.5) is 0 Å². The van der Waals surface area contributed by atoms with E-state index in [0.29, 0.717) is 18.0 Å². The minimum Gasteiger partial charge on any atom is -0.356 e. The minimum atomic E-state index is -3.41. The zero-order chi connectivity index (χ0) is 16.2. The van der Waals surface area contributed by atoms with E-state index >= 15 is 0 Å². The van der Waals surface area contributed by atoms with Crippen molar-refractivity contribution >= 4 is 10.0 Å². The van der Waals surface area contributed by atoms with Crippen LogP contribution in [-0.2, 0) is 23.6 Å². The number of nitrogens with one attached hydrogen (secondary N) is 2. The second-order valence-corrected chi connectivity index (χ2v) is 7.22. The van der Waals surface area contributed by atoms with Gasteiger partial charge in [0.2, 0.25) is 10.0 Å². The first-order valence-corrected chi connectivity index (χ1v) is 8.76. The van der Waals surface area contributed by atoms with E-state index in [-0.39, 0.29) is 0 Å². The first kappa shape index (κ1) is 16.7. The van der Waals surface area contributed by atoms with Gasteiger partial charge in [-0.1, -0.05) is 18.2 Å². The summed E-state index contributed by atoms with van der Waals surface area (Å²) in [5.41, 5.74) is 3.77. The summed E-state index contributed by atoms with van der Waals surface area (Å²) in [6.07, 6.45) is 3.31. The molecule has 0 bridgehead atoms. The standard InChI is InChI=1S/C16H23N3O2S/c1-13-5-4-6-14(2)16(13)11-17-8-9-18-22(20,21)15-7-10-19(3)12-15/h4-7,10,12,17-18H,8-9,11H2,1-3H3. The molecule has 1 aromatic carbocycles. The average molecular weight is 321 g/mol. The van der Waals surface area contributed by atoms with Crippen molar-refractivity contribution < 1.29 is 8.42 Å². The molecule has 5 nitrogen and oxygen atoms in total. The van der Waals surface area contributed by atoms with Crippen LogP contribution in [0.2, 0.25) is 0 Å². The highest BCUT2D eigenvalue weighted by Gasteiger charge is 2.13. The van der Waals surface area contributed by atoms with E-state index in [1.165, 1.54) is 16.7 Å². The van der Waals surface area contributed by atoms with Crippen LogP contribution in [0, 0.1) is 13.8 Å². The normalized spacial score (nSPS) is 11.8. The highest BCUT2D eigenvalue weighted by atomic mass is 32.2. The molecule has 1 aromatic heterocycles. The Labute approximate surface area is 132 Å². The molecule has 0 atom stereocenters. The Balaban J connectivity index is 1.80. The van der Waals surface area contributed by atoms with Crippen LogP contribution in [0.25, 0.3) is 0 Å². The lowest BCUT2D eigenvalue weighted by Gasteiger charge is -2.11. The van der Waals surface area contributed by atoms with Gasteiger partial charge in [-0.15, -0.1) is 0 Å². The molecule has 120 valence electrons. The van der Waals surface area contributed by atoms with Crippen molar-refractivity contribution in [3.63, 3.8) is 0 Å². The average Bonchev–Trinajstić information content (AvgIpc) is 2.89. The topological polar surface area (TPSA) is 63.1 Å². The van der Waals surface area contributed by atoms with E-state index < -0.39 is 10.0 Å². The molecule has 0 saturated carbocycles. The van der Waals surface area contributed by atoms with Crippen molar-refractivity contribution in [1.82, 2.24) is 14.6 Å². The van der Waals surface area contributed by atoms with Gasteiger partial charge in [-0.2, -0.15) is 0 Å². The molecule has 0 aliphatic rings. The third-order valence-electron chi connectivity index (χ3n) is 3.66. The fourth-order valence-corrected chi connectivity index (χ4v) is 3.42. The molecule has 1 heterocycles. The van der Waals surface area contributed by atoms with Crippen LogP contribution in [0.5, 0.6) is 0 Å². The number of nitrogens with zero attached hydrogens (tertiary/aromatic N) is 1. The Morgan fingerprint density at radius 3 is 2.36 bits per heavy atom. The number of rotatable bonds is 7. The molecule has 0 saturated heterocycles. The number of aryl methyl sites for hydroxylation is 3. The Bertz CT molecular complexity index is 715. The van der Waals surface area contributed by atoms with Crippen molar-refractivity contribution in [2.75, 3.05) is 13.1 Å². The quantitative estimate of drug-likeness (QED) is 0.763. The van der Waals surface area contributed by atoms with Gasteiger partial charge in [-0.3, -0.25) is 0 Å². The third-order valence-corrected chi connectivity index (χ3v) is 5.10. The second-order valence-electron chi connectivity index (χ2n) is 5.46. The molecule has 0 aliphatic carbocycles. The summed E-state index contributed by atoms with van der Waals surface area (Å²) in [4.78, 5) is 0.296. The van der Waals surface area contributed by atoms with Gasteiger partial charge in [0.05, 0.1) is 4.90 Å². The van der Waals surface area contributed by atoms with E-state index in [0.717, 1.165) is 6.54 Å². The van der Waals surface area contributed by atoms with Crippen molar-refractivity contribution in [3.8, 4) is 0 Å². The Morgan fingerprint density at radius 1 is 1.09 bits per heavy atom. The maximum Gasteiger partial charge on any atom is 0.242 e. The fourth-order valence-electron chi connectivity index (χ4n) is 2.34.